The molecular weight excluding hydrogens is 241 g/mol. The molecule has 0 saturated heterocycles. The third-order valence-electron chi connectivity index (χ3n) is 0.306. The Bertz CT molecular complexity index is 29.2. The molecule has 2 nitrogen and oxygen atoms in total. The van der Waals surface area contributed by atoms with Crippen LogP contribution in [0.25, 0.3) is 11.5 Å². The number of nitrogens with one attached hydrogen (secondary N) is 2. The van der Waals surface area contributed by atoms with Crippen LogP contribution in [0.2, 0.25) is 0 Å². The van der Waals surface area contributed by atoms with Gasteiger partial charge in [-0.15, -0.1) is 0 Å². The Morgan fingerprint density at radius 3 is 1.50 bits per heavy atom. The largest absolute Gasteiger partial charge is 1.00 e. The Hall–Kier alpha value is 1.16. The van der Waals surface area contributed by atoms with Crippen molar-refractivity contribution in [2.24, 2.45) is 0 Å². The fourth-order valence-corrected chi connectivity index (χ4v) is 0. The summed E-state index contributed by atoms with van der Waals surface area (Å²) >= 11 is 0. The fourth-order valence-electron chi connectivity index (χ4n) is 0. The zero-order valence-electron chi connectivity index (χ0n) is 4.36. The summed E-state index contributed by atoms with van der Waals surface area (Å²) in [4.78, 5) is 0. The first-order chi connectivity index (χ1) is 2.27. The van der Waals surface area contributed by atoms with Gasteiger partial charge in [0.25, 0.3) is 0 Å². The first-order valence-corrected chi connectivity index (χ1v) is 1.63. The van der Waals surface area contributed by atoms with Crippen molar-refractivity contribution < 1.29 is 45.2 Å². The molecule has 0 amide bonds. The van der Waals surface area contributed by atoms with Gasteiger partial charge in [0, 0.05) is 20.4 Å². The van der Waals surface area contributed by atoms with Gasteiger partial charge in [0.1, 0.15) is 0 Å². The van der Waals surface area contributed by atoms with E-state index in [4.69, 9.17) is 11.5 Å². The summed E-state index contributed by atoms with van der Waals surface area (Å²) in [5.41, 5.74) is 13.1. The number of hydrogen-bond donors (Lipinski definition) is 0. The molecule has 0 saturated carbocycles. The third kappa shape index (κ3) is 27.2. The summed E-state index contributed by atoms with van der Waals surface area (Å²) < 4.78 is 0. The van der Waals surface area contributed by atoms with Crippen molar-refractivity contribution in [1.29, 1.82) is 0 Å². The second-order valence-corrected chi connectivity index (χ2v) is 1.11. The summed E-state index contributed by atoms with van der Waals surface area (Å²) in [6.45, 7) is 1.92. The number of rotatable bonds is 1. The van der Waals surface area contributed by atoms with Crippen LogP contribution in [-0.4, -0.2) is 12.6 Å². The Balaban J connectivity index is -0.0000000267. The van der Waals surface area contributed by atoms with E-state index in [0.717, 1.165) is 0 Å². The quantitative estimate of drug-likeness (QED) is 0.421. The monoisotopic (exact) mass is 248 g/mol. The molecule has 1 unspecified atom stereocenters. The summed E-state index contributed by atoms with van der Waals surface area (Å²) in [5.74, 6) is 0. The van der Waals surface area contributed by atoms with Gasteiger partial charge in [-0.1, -0.05) is 6.92 Å². The molecule has 0 aliphatic rings. The zero-order valence-corrected chi connectivity index (χ0v) is 7.42. The van der Waals surface area contributed by atoms with Crippen molar-refractivity contribution in [3.05, 3.63) is 11.5 Å². The second-order valence-electron chi connectivity index (χ2n) is 1.11. The molecule has 0 aliphatic carbocycles. The SMILES string of the molecule is CC([NH-])C[NH-].[Cl-].[Cl-].[Pd]. The van der Waals surface area contributed by atoms with Crippen LogP contribution in [0.4, 0.5) is 0 Å². The van der Waals surface area contributed by atoms with Crippen LogP contribution in [0.1, 0.15) is 6.92 Å². The Kier molecular flexibility index (Phi) is 45.0. The summed E-state index contributed by atoms with van der Waals surface area (Å²) in [6, 6.07) is -0.199. The number of halogens is 2. The van der Waals surface area contributed by atoms with Gasteiger partial charge in [-0.25, -0.2) is 0 Å². The predicted octanol–water partition coefficient (Wildman–Crippen LogP) is -4.52. The van der Waals surface area contributed by atoms with Crippen molar-refractivity contribution in [2.75, 3.05) is 6.54 Å². The Labute approximate surface area is 76.2 Å². The maximum Gasteiger partial charge on any atom is 0 e. The van der Waals surface area contributed by atoms with Crippen LogP contribution < -0.4 is 24.8 Å². The van der Waals surface area contributed by atoms with E-state index in [0.29, 0.717) is 0 Å². The summed E-state index contributed by atoms with van der Waals surface area (Å²) in [5, 5.41) is 0. The Morgan fingerprint density at radius 1 is 1.38 bits per heavy atom. The molecule has 0 aromatic rings. The van der Waals surface area contributed by atoms with Crippen molar-refractivity contribution in [3.63, 3.8) is 0 Å². The summed E-state index contributed by atoms with van der Waals surface area (Å²) in [7, 11) is 0. The van der Waals surface area contributed by atoms with Gasteiger partial charge in [-0.2, -0.15) is 12.6 Å². The minimum Gasteiger partial charge on any atom is -1.00 e. The van der Waals surface area contributed by atoms with E-state index in [9.17, 15) is 0 Å². The van der Waals surface area contributed by atoms with Crippen LogP contribution >= 0.6 is 0 Å². The topological polar surface area (TPSA) is 47.6 Å². The predicted molar refractivity (Wildman–Crippen MR) is 23.0 cm³/mol. The molecule has 0 radical (unpaired) electrons. The van der Waals surface area contributed by atoms with E-state index in [1.54, 1.807) is 6.92 Å². The van der Waals surface area contributed by atoms with Gasteiger partial charge in [0.2, 0.25) is 0 Å². The van der Waals surface area contributed by atoms with E-state index in [-0.39, 0.29) is 57.8 Å². The molecule has 0 rings (SSSR count). The smallest absolute Gasteiger partial charge is 0 e. The van der Waals surface area contributed by atoms with Gasteiger partial charge < -0.3 is 36.3 Å². The maximum atomic E-state index is 6.64. The standard InChI is InChI=1S/C3H8N2.2ClH.Pd/c1-3(5)2-4;;;/h3-5H,2H2,1H3;2*1H;/q-2;;;/p-2. The average Bonchev–Trinajstić information content (AvgIpc) is 1.38. The van der Waals surface area contributed by atoms with Crippen LogP contribution in [0.15, 0.2) is 0 Å². The first kappa shape index (κ1) is 22.9. The zero-order chi connectivity index (χ0) is 4.28. The van der Waals surface area contributed by atoms with Crippen LogP contribution in [-0.2, 0) is 20.4 Å². The molecule has 0 bridgehead atoms. The first-order valence-electron chi connectivity index (χ1n) is 1.63. The molecule has 0 aromatic carbocycles. The minimum absolute atomic E-state index is 0. The molecule has 58 valence electrons. The van der Waals surface area contributed by atoms with Crippen molar-refractivity contribution >= 4 is 0 Å². The molecule has 1 atom stereocenters. The van der Waals surface area contributed by atoms with Gasteiger partial charge in [-0.05, 0) is 0 Å². The molecule has 0 aromatic heterocycles. The third-order valence-corrected chi connectivity index (χ3v) is 0.306. The Morgan fingerprint density at radius 2 is 1.50 bits per heavy atom. The average molecular weight is 249 g/mol. The van der Waals surface area contributed by atoms with E-state index < -0.39 is 0 Å². The summed E-state index contributed by atoms with van der Waals surface area (Å²) in [6.07, 6.45) is 0. The second kappa shape index (κ2) is 15.7. The fraction of sp³-hybridized carbons (Fsp3) is 1.00. The van der Waals surface area contributed by atoms with Crippen molar-refractivity contribution in [2.45, 2.75) is 13.0 Å². The molecule has 0 aliphatic heterocycles. The van der Waals surface area contributed by atoms with Crippen LogP contribution in [0.5, 0.6) is 0 Å². The molecule has 0 fully saturated rings. The molecular formula is C3H8Cl2N2Pd-4. The normalized spacial score (nSPS) is 9.38. The minimum atomic E-state index is -0.199. The molecule has 0 heterocycles. The van der Waals surface area contributed by atoms with E-state index >= 15 is 0 Å². The van der Waals surface area contributed by atoms with Crippen molar-refractivity contribution in [3.8, 4) is 0 Å². The van der Waals surface area contributed by atoms with Crippen LogP contribution in [0, 0.1) is 0 Å². The van der Waals surface area contributed by atoms with Gasteiger partial charge in [0.15, 0.2) is 0 Å². The van der Waals surface area contributed by atoms with Gasteiger partial charge in [-0.3, -0.25) is 0 Å². The molecule has 8 heavy (non-hydrogen) atoms. The molecule has 2 N–H and O–H groups in total. The van der Waals surface area contributed by atoms with Gasteiger partial charge in [0.05, 0.1) is 0 Å². The number of hydrogen-bond acceptors (Lipinski definition) is 0. The van der Waals surface area contributed by atoms with E-state index in [2.05, 4.69) is 0 Å². The van der Waals surface area contributed by atoms with E-state index in [1.165, 1.54) is 0 Å². The molecule has 5 heteroatoms. The van der Waals surface area contributed by atoms with E-state index in [1.807, 2.05) is 0 Å². The van der Waals surface area contributed by atoms with Crippen LogP contribution in [0.3, 0.4) is 0 Å². The van der Waals surface area contributed by atoms with Gasteiger partial charge >= 0.3 is 0 Å². The maximum absolute atomic E-state index is 6.64. The molecule has 0 spiro atoms. The van der Waals surface area contributed by atoms with Crippen molar-refractivity contribution in [1.82, 2.24) is 0 Å².